The predicted molar refractivity (Wildman–Crippen MR) is 55.6 cm³/mol. The van der Waals surface area contributed by atoms with Crippen LogP contribution in [-0.4, -0.2) is 35.7 Å². The van der Waals surface area contributed by atoms with Crippen molar-refractivity contribution in [3.63, 3.8) is 0 Å². The van der Waals surface area contributed by atoms with Gasteiger partial charge in [-0.05, 0) is 45.2 Å². The van der Waals surface area contributed by atoms with Crippen LogP contribution in [0.1, 0.15) is 32.1 Å². The molecule has 1 atom stereocenters. The van der Waals surface area contributed by atoms with E-state index in [1.54, 1.807) is 0 Å². The highest BCUT2D eigenvalue weighted by atomic mass is 16.3. The van der Waals surface area contributed by atoms with E-state index in [0.29, 0.717) is 5.84 Å². The van der Waals surface area contributed by atoms with Gasteiger partial charge in [0.25, 0.3) is 0 Å². The lowest BCUT2D eigenvalue weighted by Gasteiger charge is -2.38. The van der Waals surface area contributed by atoms with Gasteiger partial charge in [-0.15, -0.1) is 0 Å². The topological polar surface area (TPSA) is 68.1 Å². The van der Waals surface area contributed by atoms with Crippen molar-refractivity contribution in [3.8, 4) is 0 Å². The van der Waals surface area contributed by atoms with Gasteiger partial charge >= 0.3 is 0 Å². The summed E-state index contributed by atoms with van der Waals surface area (Å²) in [5, 5.41) is 23.9. The third-order valence-corrected chi connectivity index (χ3v) is 3.43. The zero-order chi connectivity index (χ0) is 10.0. The lowest BCUT2D eigenvalue weighted by molar-refractivity contribution is 0.227. The fourth-order valence-electron chi connectivity index (χ4n) is 2.49. The van der Waals surface area contributed by atoms with Crippen LogP contribution >= 0.6 is 0 Å². The minimum absolute atomic E-state index is 0.0970. The summed E-state index contributed by atoms with van der Waals surface area (Å²) in [6.07, 6.45) is 4.43. The van der Waals surface area contributed by atoms with Crippen LogP contribution in [0.25, 0.3) is 0 Å². The average Bonchev–Trinajstić information content (AvgIpc) is 2.30. The maximum absolute atomic E-state index is 9.57. The van der Waals surface area contributed by atoms with Crippen molar-refractivity contribution in [1.82, 2.24) is 10.6 Å². The molecule has 0 aromatic heterocycles. The second kappa shape index (κ2) is 3.87. The van der Waals surface area contributed by atoms with Crippen molar-refractivity contribution in [3.05, 3.63) is 0 Å². The van der Waals surface area contributed by atoms with Crippen LogP contribution in [0.3, 0.4) is 0 Å². The summed E-state index contributed by atoms with van der Waals surface area (Å²) in [5.41, 5.74) is 0.0970. The zero-order valence-electron chi connectivity index (χ0n) is 8.47. The van der Waals surface area contributed by atoms with E-state index >= 15 is 0 Å². The van der Waals surface area contributed by atoms with Gasteiger partial charge in [0.2, 0.25) is 0 Å². The first-order chi connectivity index (χ1) is 6.72. The van der Waals surface area contributed by atoms with E-state index in [1.807, 2.05) is 0 Å². The van der Waals surface area contributed by atoms with Gasteiger partial charge in [-0.2, -0.15) is 0 Å². The number of hydrogen-bond acceptors (Lipinski definition) is 3. The van der Waals surface area contributed by atoms with Gasteiger partial charge in [-0.3, -0.25) is 5.41 Å². The van der Waals surface area contributed by atoms with Crippen LogP contribution in [0.5, 0.6) is 0 Å². The summed E-state index contributed by atoms with van der Waals surface area (Å²) in [5.74, 6) is 0.324. The van der Waals surface area contributed by atoms with Crippen molar-refractivity contribution in [2.45, 2.75) is 43.7 Å². The van der Waals surface area contributed by atoms with Crippen molar-refractivity contribution in [2.75, 3.05) is 13.1 Å². The Balaban J connectivity index is 2.07. The number of rotatable bonds is 0. The molecule has 1 unspecified atom stereocenters. The Bertz CT molecular complexity index is 223. The van der Waals surface area contributed by atoms with E-state index < -0.39 is 6.10 Å². The molecule has 0 aromatic carbocycles. The van der Waals surface area contributed by atoms with E-state index in [9.17, 15) is 5.11 Å². The normalized spacial score (nSPS) is 32.4. The highest BCUT2D eigenvalue weighted by Gasteiger charge is 2.35. The fourth-order valence-corrected chi connectivity index (χ4v) is 2.49. The van der Waals surface area contributed by atoms with Crippen LogP contribution < -0.4 is 10.6 Å². The van der Waals surface area contributed by atoms with E-state index in [2.05, 4.69) is 10.6 Å². The predicted octanol–water partition coefficient (Wildman–Crippen LogP) is 0.220. The van der Waals surface area contributed by atoms with E-state index in [1.165, 1.54) is 0 Å². The minimum atomic E-state index is -0.565. The molecule has 0 aromatic rings. The summed E-state index contributed by atoms with van der Waals surface area (Å²) >= 11 is 0. The third-order valence-electron chi connectivity index (χ3n) is 3.43. The van der Waals surface area contributed by atoms with Crippen LogP contribution in [0.2, 0.25) is 0 Å². The molecule has 4 N–H and O–H groups in total. The van der Waals surface area contributed by atoms with E-state index in [0.717, 1.165) is 45.2 Å². The molecule has 2 aliphatic heterocycles. The Morgan fingerprint density at radius 1 is 1.29 bits per heavy atom. The van der Waals surface area contributed by atoms with Crippen molar-refractivity contribution < 1.29 is 5.11 Å². The standard InChI is InChI=1S/C10H19N3O/c11-9-8(14)2-1-3-10(13-9)4-6-12-7-5-10/h8,12,14H,1-7H2,(H2,11,13). The number of hydrogen-bond donors (Lipinski definition) is 4. The molecule has 4 heteroatoms. The molecule has 0 aliphatic carbocycles. The Labute approximate surface area is 84.6 Å². The van der Waals surface area contributed by atoms with Gasteiger partial charge in [0, 0.05) is 5.54 Å². The molecule has 2 aliphatic rings. The number of nitrogens with one attached hydrogen (secondary N) is 3. The Kier molecular flexibility index (Phi) is 2.74. The largest absolute Gasteiger partial charge is 0.385 e. The second-order valence-electron chi connectivity index (χ2n) is 4.48. The molecule has 0 radical (unpaired) electrons. The SMILES string of the molecule is N=C1NC2(CCCC1O)CCNCC2. The number of aliphatic hydroxyl groups excluding tert-OH is 1. The monoisotopic (exact) mass is 197 g/mol. The molecule has 2 saturated heterocycles. The lowest BCUT2D eigenvalue weighted by atomic mass is 9.84. The first-order valence-corrected chi connectivity index (χ1v) is 5.47. The second-order valence-corrected chi connectivity index (χ2v) is 4.48. The smallest absolute Gasteiger partial charge is 0.123 e. The Morgan fingerprint density at radius 2 is 2.00 bits per heavy atom. The van der Waals surface area contributed by atoms with E-state index in [-0.39, 0.29) is 5.54 Å². The summed E-state index contributed by atoms with van der Waals surface area (Å²) in [4.78, 5) is 0. The number of amidine groups is 1. The summed E-state index contributed by atoms with van der Waals surface area (Å²) in [6.45, 7) is 2.05. The van der Waals surface area contributed by atoms with Gasteiger partial charge in [0.1, 0.15) is 11.9 Å². The van der Waals surface area contributed by atoms with Crippen molar-refractivity contribution in [1.29, 1.82) is 5.41 Å². The van der Waals surface area contributed by atoms with E-state index in [4.69, 9.17) is 5.41 Å². The molecule has 0 bridgehead atoms. The van der Waals surface area contributed by atoms with Gasteiger partial charge < -0.3 is 15.7 Å². The molecule has 80 valence electrons. The summed E-state index contributed by atoms with van der Waals surface area (Å²) in [6, 6.07) is 0. The molecule has 2 heterocycles. The van der Waals surface area contributed by atoms with Crippen molar-refractivity contribution in [2.24, 2.45) is 0 Å². The van der Waals surface area contributed by atoms with Crippen LogP contribution in [-0.2, 0) is 0 Å². The third kappa shape index (κ3) is 1.91. The molecule has 2 rings (SSSR count). The van der Waals surface area contributed by atoms with Crippen LogP contribution in [0.15, 0.2) is 0 Å². The lowest BCUT2D eigenvalue weighted by Crippen LogP contribution is -2.54. The molecular weight excluding hydrogens is 178 g/mol. The minimum Gasteiger partial charge on any atom is -0.385 e. The molecule has 4 nitrogen and oxygen atoms in total. The Hall–Kier alpha value is -0.610. The zero-order valence-corrected chi connectivity index (χ0v) is 8.47. The summed E-state index contributed by atoms with van der Waals surface area (Å²) < 4.78 is 0. The maximum atomic E-state index is 9.57. The van der Waals surface area contributed by atoms with Gasteiger partial charge in [-0.25, -0.2) is 0 Å². The quantitative estimate of drug-likeness (QED) is 0.449. The first kappa shape index (κ1) is 9.93. The number of piperidine rings is 1. The molecule has 2 fully saturated rings. The maximum Gasteiger partial charge on any atom is 0.123 e. The molecule has 0 saturated carbocycles. The molecular formula is C10H19N3O. The Morgan fingerprint density at radius 3 is 2.71 bits per heavy atom. The highest BCUT2D eigenvalue weighted by molar-refractivity contribution is 5.84. The van der Waals surface area contributed by atoms with Crippen LogP contribution in [0, 0.1) is 5.41 Å². The van der Waals surface area contributed by atoms with Gasteiger partial charge in [-0.1, -0.05) is 0 Å². The van der Waals surface area contributed by atoms with Gasteiger partial charge in [0.15, 0.2) is 0 Å². The average molecular weight is 197 g/mol. The first-order valence-electron chi connectivity index (χ1n) is 5.47. The molecule has 1 spiro atoms. The van der Waals surface area contributed by atoms with Crippen molar-refractivity contribution >= 4 is 5.84 Å². The van der Waals surface area contributed by atoms with Gasteiger partial charge in [0.05, 0.1) is 0 Å². The summed E-state index contributed by atoms with van der Waals surface area (Å²) in [7, 11) is 0. The molecule has 0 amide bonds. The molecule has 14 heavy (non-hydrogen) atoms. The van der Waals surface area contributed by atoms with Crippen LogP contribution in [0.4, 0.5) is 0 Å². The fraction of sp³-hybridized carbons (Fsp3) is 0.900. The number of aliphatic hydroxyl groups is 1. The highest BCUT2D eigenvalue weighted by Crippen LogP contribution is 2.27.